The quantitative estimate of drug-likeness (QED) is 0.725. The van der Waals surface area contributed by atoms with Crippen molar-refractivity contribution in [1.82, 2.24) is 10.6 Å². The summed E-state index contributed by atoms with van der Waals surface area (Å²) in [5.74, 6) is 0.209. The number of hydrogen-bond donors (Lipinski definition) is 3. The van der Waals surface area contributed by atoms with Crippen molar-refractivity contribution in [3.8, 4) is 0 Å². The Morgan fingerprint density at radius 3 is 2.80 bits per heavy atom. The lowest BCUT2D eigenvalue weighted by molar-refractivity contribution is -0.121. The van der Waals surface area contributed by atoms with Crippen molar-refractivity contribution < 1.29 is 9.59 Å². The van der Waals surface area contributed by atoms with Gasteiger partial charge < -0.3 is 16.0 Å². The van der Waals surface area contributed by atoms with Gasteiger partial charge in [0.25, 0.3) is 0 Å². The average molecular weight is 366 g/mol. The molecule has 0 unspecified atom stereocenters. The number of fused-ring (bicyclic) bond motifs is 1. The highest BCUT2D eigenvalue weighted by Gasteiger charge is 2.26. The van der Waals surface area contributed by atoms with Gasteiger partial charge in [0.05, 0.1) is 6.42 Å². The van der Waals surface area contributed by atoms with Crippen LogP contribution in [0.5, 0.6) is 0 Å². The minimum Gasteiger partial charge on any atom is -0.356 e. The molecule has 0 bridgehead atoms. The summed E-state index contributed by atoms with van der Waals surface area (Å²) >= 11 is 0. The molecule has 2 heterocycles. The summed E-state index contributed by atoms with van der Waals surface area (Å²) in [7, 11) is 0. The fraction of sp³-hybridized carbons (Fsp3) is 0.579. The Labute approximate surface area is 155 Å². The monoisotopic (exact) mass is 365 g/mol. The van der Waals surface area contributed by atoms with Crippen LogP contribution in [0.4, 0.5) is 5.69 Å². The Kier molecular flexibility index (Phi) is 6.85. The van der Waals surface area contributed by atoms with Crippen LogP contribution in [0.3, 0.4) is 0 Å². The molecule has 0 aromatic heterocycles. The zero-order valence-electron chi connectivity index (χ0n) is 14.8. The Morgan fingerprint density at radius 2 is 2.04 bits per heavy atom. The van der Waals surface area contributed by atoms with Crippen molar-refractivity contribution in [3.63, 3.8) is 0 Å². The smallest absolute Gasteiger partial charge is 0.228 e. The normalized spacial score (nSPS) is 18.0. The second-order valence-corrected chi connectivity index (χ2v) is 7.41. The second kappa shape index (κ2) is 8.68. The molecular formula is C19H28ClN3O2. The standard InChI is InChI=1S/C19H27N3O2.ClH/c1-19(7-9-20-10-8-19)13-21-17(23)4-2-3-14-5-6-16-15(11-14)12-18(24)22-16;/h5-6,11,20H,2-4,7-10,12-13H2,1H3,(H,21,23)(H,22,24);1H. The Bertz CT molecular complexity index is 627. The van der Waals surface area contributed by atoms with E-state index >= 15 is 0 Å². The Hall–Kier alpha value is -1.59. The number of amides is 2. The number of nitrogens with one attached hydrogen (secondary N) is 3. The van der Waals surface area contributed by atoms with Crippen molar-refractivity contribution >= 4 is 29.9 Å². The molecule has 1 fully saturated rings. The van der Waals surface area contributed by atoms with Crippen molar-refractivity contribution in [1.29, 1.82) is 0 Å². The van der Waals surface area contributed by atoms with Gasteiger partial charge in [-0.3, -0.25) is 9.59 Å². The third-order valence-electron chi connectivity index (χ3n) is 5.19. The van der Waals surface area contributed by atoms with Gasteiger partial charge in [-0.25, -0.2) is 0 Å². The predicted molar refractivity (Wildman–Crippen MR) is 102 cm³/mol. The van der Waals surface area contributed by atoms with E-state index in [1.165, 1.54) is 5.56 Å². The van der Waals surface area contributed by atoms with Crippen molar-refractivity contribution in [2.45, 2.75) is 45.4 Å². The van der Waals surface area contributed by atoms with Crippen LogP contribution < -0.4 is 16.0 Å². The zero-order chi connectivity index (χ0) is 17.0. The predicted octanol–water partition coefficient (Wildman–Crippen LogP) is 2.43. The highest BCUT2D eigenvalue weighted by Crippen LogP contribution is 2.27. The molecule has 138 valence electrons. The maximum Gasteiger partial charge on any atom is 0.228 e. The van der Waals surface area contributed by atoms with Crippen molar-refractivity contribution in [2.75, 3.05) is 25.0 Å². The molecule has 0 radical (unpaired) electrons. The van der Waals surface area contributed by atoms with Gasteiger partial charge in [-0.1, -0.05) is 19.1 Å². The van der Waals surface area contributed by atoms with Crippen molar-refractivity contribution in [2.24, 2.45) is 5.41 Å². The second-order valence-electron chi connectivity index (χ2n) is 7.41. The number of piperidine rings is 1. The summed E-state index contributed by atoms with van der Waals surface area (Å²) in [5, 5.41) is 9.31. The number of anilines is 1. The minimum atomic E-state index is 0. The lowest BCUT2D eigenvalue weighted by Gasteiger charge is -2.34. The van der Waals surface area contributed by atoms with Gasteiger partial charge in [0.1, 0.15) is 0 Å². The topological polar surface area (TPSA) is 70.2 Å². The van der Waals surface area contributed by atoms with E-state index in [0.29, 0.717) is 12.8 Å². The number of rotatable bonds is 6. The van der Waals surface area contributed by atoms with E-state index in [1.807, 2.05) is 12.1 Å². The van der Waals surface area contributed by atoms with Gasteiger partial charge in [0, 0.05) is 18.7 Å². The first-order chi connectivity index (χ1) is 11.5. The van der Waals surface area contributed by atoms with Gasteiger partial charge >= 0.3 is 0 Å². The molecule has 25 heavy (non-hydrogen) atoms. The van der Waals surface area contributed by atoms with Gasteiger partial charge in [0.15, 0.2) is 0 Å². The number of aryl methyl sites for hydroxylation is 1. The van der Waals surface area contributed by atoms with Gasteiger partial charge in [0.2, 0.25) is 11.8 Å². The van der Waals surface area contributed by atoms with E-state index in [9.17, 15) is 9.59 Å². The van der Waals surface area contributed by atoms with Crippen LogP contribution >= 0.6 is 12.4 Å². The molecule has 3 N–H and O–H groups in total. The summed E-state index contributed by atoms with van der Waals surface area (Å²) in [6.45, 7) is 5.12. The first kappa shape index (κ1) is 19.7. The summed E-state index contributed by atoms with van der Waals surface area (Å²) in [6.07, 6.45) is 4.98. The molecule has 0 saturated carbocycles. The first-order valence-electron chi connectivity index (χ1n) is 8.93. The summed E-state index contributed by atoms with van der Waals surface area (Å²) in [4.78, 5) is 23.4. The molecule has 3 rings (SSSR count). The van der Waals surface area contributed by atoms with Crippen LogP contribution in [0.1, 0.15) is 43.7 Å². The number of hydrogen-bond acceptors (Lipinski definition) is 3. The third kappa shape index (κ3) is 5.44. The van der Waals surface area contributed by atoms with Crippen LogP contribution in [-0.4, -0.2) is 31.4 Å². The summed E-state index contributed by atoms with van der Waals surface area (Å²) < 4.78 is 0. The lowest BCUT2D eigenvalue weighted by atomic mass is 9.81. The first-order valence-corrected chi connectivity index (χ1v) is 8.93. The highest BCUT2D eigenvalue weighted by molar-refractivity contribution is 5.99. The Balaban J connectivity index is 0.00000225. The molecule has 0 aliphatic carbocycles. The van der Waals surface area contributed by atoms with Crippen LogP contribution in [0.2, 0.25) is 0 Å². The fourth-order valence-electron chi connectivity index (χ4n) is 3.50. The molecule has 2 aliphatic rings. The van der Waals surface area contributed by atoms with E-state index in [-0.39, 0.29) is 29.6 Å². The molecule has 1 aromatic carbocycles. The molecular weight excluding hydrogens is 338 g/mol. The molecule has 5 nitrogen and oxygen atoms in total. The SMILES string of the molecule is CC1(CNC(=O)CCCc2ccc3c(c2)CC(=O)N3)CCNCC1.Cl. The van der Waals surface area contributed by atoms with Crippen LogP contribution in [0, 0.1) is 5.41 Å². The maximum atomic E-state index is 12.1. The molecule has 1 aromatic rings. The molecule has 1 saturated heterocycles. The van der Waals surface area contributed by atoms with Gasteiger partial charge in [-0.2, -0.15) is 0 Å². The van der Waals surface area contributed by atoms with E-state index in [1.54, 1.807) is 0 Å². The number of carbonyl (C=O) groups is 2. The highest BCUT2D eigenvalue weighted by atomic mass is 35.5. The van der Waals surface area contributed by atoms with E-state index < -0.39 is 0 Å². The number of halogens is 1. The Morgan fingerprint density at radius 1 is 1.28 bits per heavy atom. The van der Waals surface area contributed by atoms with Crippen LogP contribution in [0.25, 0.3) is 0 Å². The molecule has 2 aliphatic heterocycles. The number of carbonyl (C=O) groups excluding carboxylic acids is 2. The summed E-state index contributed by atoms with van der Waals surface area (Å²) in [5.41, 5.74) is 3.43. The van der Waals surface area contributed by atoms with E-state index in [2.05, 4.69) is 28.9 Å². The maximum absolute atomic E-state index is 12.1. The fourth-order valence-corrected chi connectivity index (χ4v) is 3.50. The third-order valence-corrected chi connectivity index (χ3v) is 5.19. The zero-order valence-corrected chi connectivity index (χ0v) is 15.6. The number of benzene rings is 1. The average Bonchev–Trinajstić information content (AvgIpc) is 2.93. The largest absolute Gasteiger partial charge is 0.356 e. The summed E-state index contributed by atoms with van der Waals surface area (Å²) in [6, 6.07) is 6.09. The van der Waals surface area contributed by atoms with E-state index in [4.69, 9.17) is 0 Å². The molecule has 2 amide bonds. The van der Waals surface area contributed by atoms with Crippen LogP contribution in [-0.2, 0) is 22.4 Å². The van der Waals surface area contributed by atoms with E-state index in [0.717, 1.165) is 56.6 Å². The van der Waals surface area contributed by atoms with Crippen molar-refractivity contribution in [3.05, 3.63) is 29.3 Å². The minimum absolute atomic E-state index is 0. The molecule has 6 heteroatoms. The van der Waals surface area contributed by atoms with Gasteiger partial charge in [-0.15, -0.1) is 12.4 Å². The lowest BCUT2D eigenvalue weighted by Crippen LogP contribution is -2.42. The van der Waals surface area contributed by atoms with Crippen LogP contribution in [0.15, 0.2) is 18.2 Å². The molecule has 0 atom stereocenters. The van der Waals surface area contributed by atoms with Gasteiger partial charge in [-0.05, 0) is 61.4 Å². The molecule has 0 spiro atoms.